The van der Waals surface area contributed by atoms with Crippen molar-refractivity contribution in [1.82, 2.24) is 4.98 Å². The average molecular weight is 594 g/mol. The molecule has 1 amide bonds. The molecule has 1 fully saturated rings. The molecule has 32 heavy (non-hydrogen) atoms. The van der Waals surface area contributed by atoms with Crippen LogP contribution in [-0.2, 0) is 15.3 Å². The van der Waals surface area contributed by atoms with Gasteiger partial charge in [-0.1, -0.05) is 61.8 Å². The number of halogens is 2. The van der Waals surface area contributed by atoms with Gasteiger partial charge in [-0.2, -0.15) is 0 Å². The molecular weight excluding hydrogens is 576 g/mol. The Morgan fingerprint density at radius 2 is 1.91 bits per heavy atom. The molecule has 5 rings (SSSR count). The van der Waals surface area contributed by atoms with E-state index < -0.39 is 17.8 Å². The number of nitrogens with zero attached hydrogens (tertiary/aromatic N) is 1. The summed E-state index contributed by atoms with van der Waals surface area (Å²) in [5.41, 5.74) is 2.75. The van der Waals surface area contributed by atoms with E-state index in [1.54, 1.807) is 23.1 Å². The number of aromatic nitrogens is 1. The Balaban J connectivity index is 1.29. The van der Waals surface area contributed by atoms with E-state index in [9.17, 15) is 14.7 Å². The molecule has 1 aromatic heterocycles. The molecule has 1 heterocycles. The van der Waals surface area contributed by atoms with Crippen LogP contribution >= 0.6 is 55.0 Å². The SMILES string of the molecule is O=C(O)[C@@H]1[C@H](C(=O)Nc2ccc3nc(SCc4ccc(Br)cc4Br)sc3c2)[C@H]2C=C[C@H]1C2. The molecule has 4 atom stereocenters. The van der Waals surface area contributed by atoms with Crippen molar-refractivity contribution < 1.29 is 14.7 Å². The summed E-state index contributed by atoms with van der Waals surface area (Å²) in [6.45, 7) is 0. The highest BCUT2D eigenvalue weighted by molar-refractivity contribution is 9.11. The van der Waals surface area contributed by atoms with E-state index in [-0.39, 0.29) is 17.7 Å². The van der Waals surface area contributed by atoms with E-state index >= 15 is 0 Å². The fourth-order valence-corrected chi connectivity index (χ4v) is 8.05. The second-order valence-electron chi connectivity index (χ2n) is 8.01. The van der Waals surface area contributed by atoms with Gasteiger partial charge >= 0.3 is 5.97 Å². The zero-order valence-electron chi connectivity index (χ0n) is 16.6. The maximum Gasteiger partial charge on any atom is 0.307 e. The van der Waals surface area contributed by atoms with Gasteiger partial charge in [-0.05, 0) is 54.2 Å². The maximum absolute atomic E-state index is 12.9. The average Bonchev–Trinajstić information content (AvgIpc) is 3.46. The fraction of sp³-hybridized carbons (Fsp3) is 0.261. The number of hydrogen-bond donors (Lipinski definition) is 2. The van der Waals surface area contributed by atoms with Crippen LogP contribution in [0.3, 0.4) is 0 Å². The number of anilines is 1. The molecule has 2 aromatic carbocycles. The summed E-state index contributed by atoms with van der Waals surface area (Å²) in [4.78, 5) is 29.3. The predicted molar refractivity (Wildman–Crippen MR) is 135 cm³/mol. The van der Waals surface area contributed by atoms with Crippen LogP contribution in [0, 0.1) is 23.7 Å². The third-order valence-corrected chi connectivity index (χ3v) is 9.49. The van der Waals surface area contributed by atoms with Crippen molar-refractivity contribution in [3.05, 3.63) is 63.1 Å². The van der Waals surface area contributed by atoms with E-state index in [1.807, 2.05) is 42.5 Å². The number of benzene rings is 2. The Kier molecular flexibility index (Phi) is 6.17. The molecule has 0 radical (unpaired) electrons. The van der Waals surface area contributed by atoms with E-state index in [0.717, 1.165) is 35.7 Å². The number of rotatable bonds is 6. The third kappa shape index (κ3) is 4.27. The molecule has 0 unspecified atom stereocenters. The lowest BCUT2D eigenvalue weighted by Crippen LogP contribution is -2.36. The van der Waals surface area contributed by atoms with Crippen molar-refractivity contribution >= 4 is 82.7 Å². The predicted octanol–water partition coefficient (Wildman–Crippen LogP) is 6.58. The summed E-state index contributed by atoms with van der Waals surface area (Å²) in [7, 11) is 0. The van der Waals surface area contributed by atoms with Crippen LogP contribution in [0.15, 0.2) is 61.8 Å². The number of aliphatic carboxylic acids is 1. The van der Waals surface area contributed by atoms with E-state index in [1.165, 1.54) is 5.56 Å². The van der Waals surface area contributed by atoms with Crippen molar-refractivity contribution in [1.29, 1.82) is 0 Å². The summed E-state index contributed by atoms with van der Waals surface area (Å²) in [5, 5.41) is 12.6. The highest BCUT2D eigenvalue weighted by atomic mass is 79.9. The first kappa shape index (κ1) is 22.1. The lowest BCUT2D eigenvalue weighted by atomic mass is 9.82. The van der Waals surface area contributed by atoms with Crippen LogP contribution in [-0.4, -0.2) is 22.0 Å². The maximum atomic E-state index is 12.9. The second-order valence-corrected chi connectivity index (χ2v) is 12.0. The molecule has 2 aliphatic rings. The molecular formula is C23H18Br2N2O3S2. The quantitative estimate of drug-likeness (QED) is 0.249. The number of allylic oxidation sites excluding steroid dienone is 2. The van der Waals surface area contributed by atoms with Crippen LogP contribution in [0.1, 0.15) is 12.0 Å². The van der Waals surface area contributed by atoms with Gasteiger partial charge in [0.2, 0.25) is 5.91 Å². The number of carbonyl (C=O) groups excluding carboxylic acids is 1. The van der Waals surface area contributed by atoms with Gasteiger partial charge in [-0.3, -0.25) is 9.59 Å². The highest BCUT2D eigenvalue weighted by Crippen LogP contribution is 2.48. The Bertz CT molecular complexity index is 1260. The van der Waals surface area contributed by atoms with Crippen LogP contribution < -0.4 is 5.32 Å². The summed E-state index contributed by atoms with van der Waals surface area (Å²) >= 11 is 10.3. The number of hydrogen-bond acceptors (Lipinski definition) is 5. The van der Waals surface area contributed by atoms with Gasteiger partial charge in [0.1, 0.15) is 0 Å². The first-order valence-corrected chi connectivity index (χ1v) is 13.5. The van der Waals surface area contributed by atoms with Crippen molar-refractivity contribution in [2.24, 2.45) is 23.7 Å². The second kappa shape index (κ2) is 8.93. The Hall–Kier alpha value is -1.68. The summed E-state index contributed by atoms with van der Waals surface area (Å²) < 4.78 is 4.04. The standard InChI is InChI=1S/C23H18Br2N2O3S2/c24-14-4-3-13(16(25)8-14)10-31-23-27-17-6-5-15(9-18(17)32-23)26-21(28)19-11-1-2-12(7-11)20(19)22(29)30/h1-6,8-9,11-12,19-20H,7,10H2,(H,26,28)(H,29,30)/t11-,12-,19+,20-/m0/s1. The number of fused-ring (bicyclic) bond motifs is 3. The third-order valence-electron chi connectivity index (χ3n) is 6.05. The Morgan fingerprint density at radius 1 is 1.12 bits per heavy atom. The minimum Gasteiger partial charge on any atom is -0.481 e. The van der Waals surface area contributed by atoms with Crippen LogP contribution in [0.4, 0.5) is 5.69 Å². The Labute approximate surface area is 210 Å². The van der Waals surface area contributed by atoms with Gasteiger partial charge in [-0.25, -0.2) is 4.98 Å². The number of thioether (sulfide) groups is 1. The molecule has 2 aliphatic carbocycles. The largest absolute Gasteiger partial charge is 0.481 e. The molecule has 9 heteroatoms. The summed E-state index contributed by atoms with van der Waals surface area (Å²) in [6, 6.07) is 11.8. The molecule has 0 saturated heterocycles. The van der Waals surface area contributed by atoms with E-state index in [0.29, 0.717) is 5.69 Å². The van der Waals surface area contributed by atoms with Gasteiger partial charge in [0, 0.05) is 20.4 Å². The number of carboxylic acids is 1. The zero-order chi connectivity index (χ0) is 22.4. The molecule has 164 valence electrons. The number of thiazole rings is 1. The lowest BCUT2D eigenvalue weighted by molar-refractivity contribution is -0.146. The number of carbonyl (C=O) groups is 2. The number of nitrogens with one attached hydrogen (secondary N) is 1. The van der Waals surface area contributed by atoms with Crippen LogP contribution in [0.5, 0.6) is 0 Å². The van der Waals surface area contributed by atoms with Crippen molar-refractivity contribution in [3.63, 3.8) is 0 Å². The number of amides is 1. The molecule has 2 N–H and O–H groups in total. The minimum atomic E-state index is -0.890. The normalized spacial score (nSPS) is 23.7. The first-order valence-electron chi connectivity index (χ1n) is 10.1. The first-order chi connectivity index (χ1) is 15.4. The van der Waals surface area contributed by atoms with Crippen LogP contribution in [0.25, 0.3) is 10.2 Å². The van der Waals surface area contributed by atoms with Gasteiger partial charge in [0.15, 0.2) is 4.34 Å². The summed E-state index contributed by atoms with van der Waals surface area (Å²) in [5.74, 6) is -1.50. The monoisotopic (exact) mass is 592 g/mol. The van der Waals surface area contributed by atoms with E-state index in [2.05, 4.69) is 43.2 Å². The molecule has 0 spiro atoms. The van der Waals surface area contributed by atoms with Crippen molar-refractivity contribution in [2.75, 3.05) is 5.32 Å². The van der Waals surface area contributed by atoms with E-state index in [4.69, 9.17) is 4.98 Å². The topological polar surface area (TPSA) is 79.3 Å². The minimum absolute atomic E-state index is 0.00849. The Morgan fingerprint density at radius 3 is 2.66 bits per heavy atom. The summed E-state index contributed by atoms with van der Waals surface area (Å²) in [6.07, 6.45) is 4.69. The zero-order valence-corrected chi connectivity index (χ0v) is 21.4. The van der Waals surface area contributed by atoms with Gasteiger partial charge in [-0.15, -0.1) is 11.3 Å². The molecule has 3 aromatic rings. The molecule has 1 saturated carbocycles. The lowest BCUT2D eigenvalue weighted by Gasteiger charge is -2.23. The van der Waals surface area contributed by atoms with Gasteiger partial charge in [0.05, 0.1) is 22.1 Å². The number of carboxylic acid groups (broad SMARTS) is 1. The van der Waals surface area contributed by atoms with Crippen molar-refractivity contribution in [3.8, 4) is 0 Å². The van der Waals surface area contributed by atoms with Gasteiger partial charge < -0.3 is 10.4 Å². The van der Waals surface area contributed by atoms with Gasteiger partial charge in [0.25, 0.3) is 0 Å². The molecule has 0 aliphatic heterocycles. The highest BCUT2D eigenvalue weighted by Gasteiger charge is 2.51. The smallest absolute Gasteiger partial charge is 0.307 e. The molecule has 2 bridgehead atoms. The molecule has 5 nitrogen and oxygen atoms in total. The van der Waals surface area contributed by atoms with Crippen molar-refractivity contribution in [2.45, 2.75) is 16.5 Å². The van der Waals surface area contributed by atoms with Crippen LogP contribution in [0.2, 0.25) is 0 Å². The fourth-order valence-electron chi connectivity index (χ4n) is 4.56.